The minimum absolute atomic E-state index is 0.185. The second-order valence-electron chi connectivity index (χ2n) is 4.44. The predicted octanol–water partition coefficient (Wildman–Crippen LogP) is 2.72. The highest BCUT2D eigenvalue weighted by Gasteiger charge is 2.39. The van der Waals surface area contributed by atoms with Crippen molar-refractivity contribution in [2.24, 2.45) is 0 Å². The van der Waals surface area contributed by atoms with Crippen LogP contribution in [-0.4, -0.2) is 11.6 Å². The lowest BCUT2D eigenvalue weighted by atomic mass is 9.93. The van der Waals surface area contributed by atoms with Crippen LogP contribution in [0, 0.1) is 11.3 Å². The average Bonchev–Trinajstić information content (AvgIpc) is 2.72. The van der Waals surface area contributed by atoms with Crippen molar-refractivity contribution in [3.05, 3.63) is 70.8 Å². The SMILES string of the molecule is N#Cc1cccc(C2C(=O)c3ccccc3C2=O)c1. The van der Waals surface area contributed by atoms with E-state index < -0.39 is 5.92 Å². The Morgan fingerprint density at radius 3 is 2.11 bits per heavy atom. The van der Waals surface area contributed by atoms with E-state index in [1.165, 1.54) is 0 Å². The van der Waals surface area contributed by atoms with Gasteiger partial charge in [0.25, 0.3) is 0 Å². The Bertz CT molecular complexity index is 705. The van der Waals surface area contributed by atoms with E-state index in [0.717, 1.165) is 0 Å². The first kappa shape index (κ1) is 11.4. The number of carbonyl (C=O) groups is 2. The lowest BCUT2D eigenvalue weighted by Gasteiger charge is -2.07. The fraction of sp³-hybridized carbons (Fsp3) is 0.0625. The predicted molar refractivity (Wildman–Crippen MR) is 69.0 cm³/mol. The minimum atomic E-state index is -0.800. The fourth-order valence-electron chi connectivity index (χ4n) is 2.43. The summed E-state index contributed by atoms with van der Waals surface area (Å²) >= 11 is 0. The molecule has 0 amide bonds. The third-order valence-corrected chi connectivity index (χ3v) is 3.33. The maximum atomic E-state index is 12.3. The summed E-state index contributed by atoms with van der Waals surface area (Å²) in [5.41, 5.74) is 1.99. The molecule has 0 heterocycles. The molecule has 3 rings (SSSR count). The highest BCUT2D eigenvalue weighted by Crippen LogP contribution is 2.33. The maximum absolute atomic E-state index is 12.3. The third kappa shape index (κ3) is 1.66. The van der Waals surface area contributed by atoms with Crippen molar-refractivity contribution >= 4 is 11.6 Å². The molecule has 3 heteroatoms. The molecule has 0 saturated carbocycles. The van der Waals surface area contributed by atoms with Crippen molar-refractivity contribution in [1.29, 1.82) is 5.26 Å². The van der Waals surface area contributed by atoms with E-state index in [9.17, 15) is 9.59 Å². The molecule has 2 aromatic rings. The van der Waals surface area contributed by atoms with Crippen molar-refractivity contribution in [2.45, 2.75) is 5.92 Å². The molecule has 1 aliphatic rings. The van der Waals surface area contributed by atoms with Gasteiger partial charge in [0.05, 0.1) is 11.6 Å². The molecule has 0 aliphatic heterocycles. The monoisotopic (exact) mass is 247 g/mol. The van der Waals surface area contributed by atoms with Crippen LogP contribution < -0.4 is 0 Å². The summed E-state index contributed by atoms with van der Waals surface area (Å²) in [5, 5.41) is 8.89. The van der Waals surface area contributed by atoms with Gasteiger partial charge >= 0.3 is 0 Å². The molecule has 1 aliphatic carbocycles. The number of hydrogen-bond acceptors (Lipinski definition) is 3. The second kappa shape index (κ2) is 4.18. The molecule has 0 atom stereocenters. The summed E-state index contributed by atoms with van der Waals surface area (Å²) in [5.74, 6) is -1.17. The maximum Gasteiger partial charge on any atom is 0.178 e. The molecule has 90 valence electrons. The zero-order valence-electron chi connectivity index (χ0n) is 9.96. The van der Waals surface area contributed by atoms with E-state index in [0.29, 0.717) is 22.3 Å². The number of hydrogen-bond donors (Lipinski definition) is 0. The Kier molecular flexibility index (Phi) is 2.50. The van der Waals surface area contributed by atoms with Gasteiger partial charge in [-0.2, -0.15) is 5.26 Å². The molecule has 0 N–H and O–H groups in total. The van der Waals surface area contributed by atoms with Crippen LogP contribution in [0.25, 0.3) is 0 Å². The van der Waals surface area contributed by atoms with Crippen LogP contribution in [0.5, 0.6) is 0 Å². The molecule has 0 saturated heterocycles. The number of ketones is 2. The minimum Gasteiger partial charge on any atom is -0.293 e. The van der Waals surface area contributed by atoms with Gasteiger partial charge in [0.1, 0.15) is 5.92 Å². The molecular formula is C16H9NO2. The molecule has 19 heavy (non-hydrogen) atoms. The molecule has 0 spiro atoms. The number of benzene rings is 2. The van der Waals surface area contributed by atoms with Crippen molar-refractivity contribution in [1.82, 2.24) is 0 Å². The van der Waals surface area contributed by atoms with Crippen molar-refractivity contribution < 1.29 is 9.59 Å². The molecule has 3 nitrogen and oxygen atoms in total. The fourth-order valence-corrected chi connectivity index (χ4v) is 2.43. The lowest BCUT2D eigenvalue weighted by molar-refractivity contribution is 0.0890. The van der Waals surface area contributed by atoms with Gasteiger partial charge in [-0.1, -0.05) is 36.4 Å². The standard InChI is InChI=1S/C16H9NO2/c17-9-10-4-3-5-11(8-10)14-15(18)12-6-1-2-7-13(12)16(14)19/h1-8,14H. The quantitative estimate of drug-likeness (QED) is 0.728. The van der Waals surface area contributed by atoms with E-state index in [-0.39, 0.29) is 11.6 Å². The first-order valence-electron chi connectivity index (χ1n) is 5.90. The second-order valence-corrected chi connectivity index (χ2v) is 4.44. The summed E-state index contributed by atoms with van der Waals surface area (Å²) in [7, 11) is 0. The zero-order valence-corrected chi connectivity index (χ0v) is 9.96. The molecule has 0 fully saturated rings. The number of fused-ring (bicyclic) bond motifs is 1. The van der Waals surface area contributed by atoms with Gasteiger partial charge in [-0.05, 0) is 17.7 Å². The number of carbonyl (C=O) groups excluding carboxylic acids is 2. The summed E-state index contributed by atoms with van der Waals surface area (Å²) in [6.07, 6.45) is 0. The van der Waals surface area contributed by atoms with Crippen LogP contribution in [0.1, 0.15) is 37.8 Å². The number of Topliss-reactive ketones (excluding diaryl/α,β-unsaturated/α-hetero) is 2. The van der Waals surface area contributed by atoms with Crippen molar-refractivity contribution in [3.63, 3.8) is 0 Å². The van der Waals surface area contributed by atoms with Gasteiger partial charge in [0.15, 0.2) is 11.6 Å². The van der Waals surface area contributed by atoms with E-state index in [2.05, 4.69) is 0 Å². The lowest BCUT2D eigenvalue weighted by Crippen LogP contribution is -2.12. The molecule has 0 bridgehead atoms. The molecule has 0 radical (unpaired) electrons. The van der Waals surface area contributed by atoms with Crippen LogP contribution in [0.2, 0.25) is 0 Å². The molecule has 2 aromatic carbocycles. The Balaban J connectivity index is 2.12. The molecule has 0 aromatic heterocycles. The average molecular weight is 247 g/mol. The topological polar surface area (TPSA) is 57.9 Å². The Hall–Kier alpha value is -2.73. The zero-order chi connectivity index (χ0) is 13.4. The third-order valence-electron chi connectivity index (χ3n) is 3.33. The first-order chi connectivity index (χ1) is 9.22. The molecular weight excluding hydrogens is 238 g/mol. The van der Waals surface area contributed by atoms with E-state index in [4.69, 9.17) is 5.26 Å². The van der Waals surface area contributed by atoms with Gasteiger partial charge in [-0.15, -0.1) is 0 Å². The van der Waals surface area contributed by atoms with Crippen LogP contribution in [0.15, 0.2) is 48.5 Å². The summed E-state index contributed by atoms with van der Waals surface area (Å²) in [6.45, 7) is 0. The Labute approximate surface area is 110 Å². The summed E-state index contributed by atoms with van der Waals surface area (Å²) < 4.78 is 0. The van der Waals surface area contributed by atoms with E-state index >= 15 is 0 Å². The molecule has 0 unspecified atom stereocenters. The number of rotatable bonds is 1. The van der Waals surface area contributed by atoms with E-state index in [1.54, 1.807) is 48.5 Å². The highest BCUT2D eigenvalue weighted by molar-refractivity contribution is 6.29. The smallest absolute Gasteiger partial charge is 0.178 e. The van der Waals surface area contributed by atoms with Crippen LogP contribution in [-0.2, 0) is 0 Å². The summed E-state index contributed by atoms with van der Waals surface area (Å²) in [4.78, 5) is 24.6. The largest absolute Gasteiger partial charge is 0.293 e. The van der Waals surface area contributed by atoms with Gasteiger partial charge < -0.3 is 0 Å². The van der Waals surface area contributed by atoms with Gasteiger partial charge in [-0.25, -0.2) is 0 Å². The highest BCUT2D eigenvalue weighted by atomic mass is 16.2. The van der Waals surface area contributed by atoms with Gasteiger partial charge in [0.2, 0.25) is 0 Å². The normalized spacial score (nSPS) is 14.3. The van der Waals surface area contributed by atoms with Gasteiger partial charge in [-0.3, -0.25) is 9.59 Å². The van der Waals surface area contributed by atoms with Crippen LogP contribution >= 0.6 is 0 Å². The van der Waals surface area contributed by atoms with Crippen molar-refractivity contribution in [2.75, 3.05) is 0 Å². The van der Waals surface area contributed by atoms with E-state index in [1.807, 2.05) is 6.07 Å². The first-order valence-corrected chi connectivity index (χ1v) is 5.90. The Morgan fingerprint density at radius 2 is 1.53 bits per heavy atom. The van der Waals surface area contributed by atoms with Crippen LogP contribution in [0.4, 0.5) is 0 Å². The number of nitrogens with zero attached hydrogens (tertiary/aromatic N) is 1. The summed E-state index contributed by atoms with van der Waals surface area (Å²) in [6, 6.07) is 15.5. The van der Waals surface area contributed by atoms with Gasteiger partial charge in [0, 0.05) is 11.1 Å². The number of nitriles is 1. The Morgan fingerprint density at radius 1 is 0.895 bits per heavy atom. The van der Waals surface area contributed by atoms with Crippen LogP contribution in [0.3, 0.4) is 0 Å². The van der Waals surface area contributed by atoms with Crippen molar-refractivity contribution in [3.8, 4) is 6.07 Å².